The van der Waals surface area contributed by atoms with Crippen LogP contribution in [-0.4, -0.2) is 23.2 Å². The summed E-state index contributed by atoms with van der Waals surface area (Å²) in [5.74, 6) is 0. The summed E-state index contributed by atoms with van der Waals surface area (Å²) in [7, 11) is 0. The first-order valence-corrected chi connectivity index (χ1v) is 8.35. The molecule has 0 aliphatic rings. The minimum Gasteiger partial charge on any atom is -0.397 e. The van der Waals surface area contributed by atoms with Crippen molar-refractivity contribution in [2.75, 3.05) is 24.2 Å². The van der Waals surface area contributed by atoms with E-state index in [1.165, 1.54) is 12.1 Å². The van der Waals surface area contributed by atoms with E-state index in [0.29, 0.717) is 6.42 Å². The van der Waals surface area contributed by atoms with Gasteiger partial charge in [0.2, 0.25) is 0 Å². The van der Waals surface area contributed by atoms with Gasteiger partial charge in [-0.05, 0) is 6.42 Å². The lowest BCUT2D eigenvalue weighted by atomic mass is 9.96. The second-order valence-electron chi connectivity index (χ2n) is 6.28. The van der Waals surface area contributed by atoms with Gasteiger partial charge in [0.15, 0.2) is 10.9 Å². The molecule has 4 rings (SSSR count). The third-order valence-corrected chi connectivity index (χ3v) is 4.73. The van der Waals surface area contributed by atoms with E-state index in [-0.39, 0.29) is 56.8 Å². The lowest BCUT2D eigenvalue weighted by molar-refractivity contribution is 0.292. The van der Waals surface area contributed by atoms with Crippen LogP contribution >= 0.6 is 0 Å². The standard InChI is InChI=1S/C19H15N3O5/c20-14-10-12(17(25)9-5-2-1-4-8(9)16(10)24)15(21-6-3-7-23)13-11(14)18(26)22-19(13)27/h1-2,4-5,21,23H,3,6-7,20H2,(H,22,26,27). The largest absolute Gasteiger partial charge is 0.397 e. The number of anilines is 2. The van der Waals surface area contributed by atoms with Crippen LogP contribution in [0.5, 0.6) is 0 Å². The van der Waals surface area contributed by atoms with Gasteiger partial charge in [0.05, 0.1) is 32.9 Å². The molecule has 1 heterocycles. The highest BCUT2D eigenvalue weighted by molar-refractivity contribution is 6.21. The topological polar surface area (TPSA) is 142 Å². The first-order valence-electron chi connectivity index (χ1n) is 8.35. The molecule has 0 bridgehead atoms. The molecule has 0 radical (unpaired) electrons. The maximum absolute atomic E-state index is 13.1. The van der Waals surface area contributed by atoms with Crippen molar-refractivity contribution in [3.8, 4) is 0 Å². The molecule has 8 heteroatoms. The number of hydrogen-bond donors (Lipinski definition) is 4. The summed E-state index contributed by atoms with van der Waals surface area (Å²) in [6, 6.07) is 6.33. The minimum absolute atomic E-state index is 0.0160. The molecule has 136 valence electrons. The van der Waals surface area contributed by atoms with Gasteiger partial charge in [0, 0.05) is 23.9 Å². The van der Waals surface area contributed by atoms with Crippen LogP contribution in [0.2, 0.25) is 0 Å². The van der Waals surface area contributed by atoms with Gasteiger partial charge in [0.1, 0.15) is 0 Å². The Morgan fingerprint density at radius 3 is 2.11 bits per heavy atom. The first-order chi connectivity index (χ1) is 13.0. The Morgan fingerprint density at radius 1 is 0.889 bits per heavy atom. The monoisotopic (exact) mass is 365 g/mol. The van der Waals surface area contributed by atoms with Crippen molar-refractivity contribution in [3.63, 3.8) is 0 Å². The van der Waals surface area contributed by atoms with Crippen molar-refractivity contribution in [3.05, 3.63) is 65.4 Å². The molecule has 8 nitrogen and oxygen atoms in total. The smallest absolute Gasteiger partial charge is 0.261 e. The molecular formula is C19H15N3O5. The van der Waals surface area contributed by atoms with Crippen LogP contribution in [0.15, 0.2) is 43.4 Å². The van der Waals surface area contributed by atoms with E-state index in [0.717, 1.165) is 0 Å². The number of benzene rings is 3. The molecule has 5 N–H and O–H groups in total. The second-order valence-corrected chi connectivity index (χ2v) is 6.28. The number of nitrogens with one attached hydrogen (secondary N) is 2. The average Bonchev–Trinajstić information content (AvgIpc) is 2.96. The number of aromatic amines is 1. The van der Waals surface area contributed by atoms with Gasteiger partial charge in [-0.25, -0.2) is 0 Å². The van der Waals surface area contributed by atoms with E-state index >= 15 is 0 Å². The number of H-pyrrole nitrogens is 1. The van der Waals surface area contributed by atoms with Gasteiger partial charge < -0.3 is 16.2 Å². The molecule has 0 atom stereocenters. The van der Waals surface area contributed by atoms with E-state index < -0.39 is 22.0 Å². The first kappa shape index (κ1) is 16.9. The molecule has 0 unspecified atom stereocenters. The van der Waals surface area contributed by atoms with Gasteiger partial charge in [-0.3, -0.25) is 24.2 Å². The van der Waals surface area contributed by atoms with Crippen molar-refractivity contribution < 1.29 is 5.11 Å². The van der Waals surface area contributed by atoms with E-state index in [9.17, 15) is 19.2 Å². The predicted molar refractivity (Wildman–Crippen MR) is 105 cm³/mol. The molecule has 0 aliphatic heterocycles. The van der Waals surface area contributed by atoms with Crippen LogP contribution in [-0.2, 0) is 0 Å². The van der Waals surface area contributed by atoms with Crippen LogP contribution in [0.25, 0.3) is 32.3 Å². The predicted octanol–water partition coefficient (Wildman–Crippen LogP) is 0.167. The fourth-order valence-corrected chi connectivity index (χ4v) is 3.54. The number of aliphatic hydroxyl groups excluding tert-OH is 1. The molecule has 4 aromatic rings. The average molecular weight is 365 g/mol. The highest BCUT2D eigenvalue weighted by Gasteiger charge is 2.24. The van der Waals surface area contributed by atoms with E-state index in [1.54, 1.807) is 12.1 Å². The second kappa shape index (κ2) is 6.03. The number of nitrogen functional groups attached to an aromatic ring is 1. The summed E-state index contributed by atoms with van der Waals surface area (Å²) >= 11 is 0. The van der Waals surface area contributed by atoms with E-state index in [1.807, 2.05) is 0 Å². The van der Waals surface area contributed by atoms with Gasteiger partial charge in [-0.1, -0.05) is 24.3 Å². The molecule has 1 aromatic heterocycles. The Morgan fingerprint density at radius 2 is 1.48 bits per heavy atom. The molecule has 0 spiro atoms. The summed E-state index contributed by atoms with van der Waals surface area (Å²) in [4.78, 5) is 52.9. The van der Waals surface area contributed by atoms with Gasteiger partial charge in [-0.15, -0.1) is 0 Å². The summed E-state index contributed by atoms with van der Waals surface area (Å²) in [5.41, 5.74) is 3.69. The fourth-order valence-electron chi connectivity index (χ4n) is 3.54. The molecule has 0 amide bonds. The Hall–Kier alpha value is -3.52. The van der Waals surface area contributed by atoms with Crippen LogP contribution in [0.4, 0.5) is 11.4 Å². The summed E-state index contributed by atoms with van der Waals surface area (Å²) < 4.78 is 0. The number of fused-ring (bicyclic) bond motifs is 3. The summed E-state index contributed by atoms with van der Waals surface area (Å²) in [5, 5.41) is 12.1. The molecule has 0 fully saturated rings. The molecule has 0 saturated heterocycles. The van der Waals surface area contributed by atoms with Crippen LogP contribution < -0.4 is 33.0 Å². The molecule has 0 saturated carbocycles. The van der Waals surface area contributed by atoms with Crippen LogP contribution in [0, 0.1) is 0 Å². The van der Waals surface area contributed by atoms with Crippen LogP contribution in [0.1, 0.15) is 6.42 Å². The maximum Gasteiger partial charge on any atom is 0.261 e. The maximum atomic E-state index is 13.1. The fraction of sp³-hybridized carbons (Fsp3) is 0.158. The zero-order valence-corrected chi connectivity index (χ0v) is 14.1. The molecule has 27 heavy (non-hydrogen) atoms. The summed E-state index contributed by atoms with van der Waals surface area (Å²) in [6.07, 6.45) is 0.349. The molecule has 0 aliphatic carbocycles. The number of rotatable bonds is 4. The lowest BCUT2D eigenvalue weighted by Crippen LogP contribution is -2.18. The molecule has 3 aromatic carbocycles. The van der Waals surface area contributed by atoms with Crippen molar-refractivity contribution >= 4 is 43.7 Å². The van der Waals surface area contributed by atoms with Crippen molar-refractivity contribution in [1.82, 2.24) is 4.98 Å². The highest BCUT2D eigenvalue weighted by atomic mass is 16.3. The Labute approximate surface area is 150 Å². The van der Waals surface area contributed by atoms with Gasteiger partial charge >= 0.3 is 0 Å². The quantitative estimate of drug-likeness (QED) is 0.175. The SMILES string of the molecule is Nc1c2c(=O)[nH]c(=O)c2c(NCCCO)c2c(=O)c3ccccc3c(=O)c12. The lowest BCUT2D eigenvalue weighted by Gasteiger charge is -2.13. The van der Waals surface area contributed by atoms with Crippen molar-refractivity contribution in [2.24, 2.45) is 0 Å². The Balaban J connectivity index is 2.33. The van der Waals surface area contributed by atoms with Crippen molar-refractivity contribution in [1.29, 1.82) is 0 Å². The van der Waals surface area contributed by atoms with Gasteiger partial charge in [0.25, 0.3) is 11.1 Å². The minimum atomic E-state index is -0.709. The zero-order valence-electron chi connectivity index (χ0n) is 14.1. The third kappa shape index (κ3) is 2.27. The molecular weight excluding hydrogens is 350 g/mol. The normalized spacial score (nSPS) is 11.6. The number of aromatic nitrogens is 1. The Kier molecular flexibility index (Phi) is 3.78. The summed E-state index contributed by atoms with van der Waals surface area (Å²) in [6.45, 7) is 0.136. The van der Waals surface area contributed by atoms with E-state index in [2.05, 4.69) is 10.3 Å². The number of nitrogens with two attached hydrogens (primary N) is 1. The van der Waals surface area contributed by atoms with Crippen molar-refractivity contribution in [2.45, 2.75) is 6.42 Å². The zero-order chi connectivity index (χ0) is 19.3. The Bertz CT molecular complexity index is 1430. The third-order valence-electron chi connectivity index (χ3n) is 4.73. The van der Waals surface area contributed by atoms with Crippen LogP contribution in [0.3, 0.4) is 0 Å². The van der Waals surface area contributed by atoms with E-state index in [4.69, 9.17) is 10.8 Å². The van der Waals surface area contributed by atoms with Gasteiger partial charge in [-0.2, -0.15) is 0 Å². The highest BCUT2D eigenvalue weighted by Crippen LogP contribution is 2.33. The number of hydrogen-bond acceptors (Lipinski definition) is 7. The number of aliphatic hydroxyl groups is 1.